The van der Waals surface area contributed by atoms with Gasteiger partial charge < -0.3 is 4.74 Å². The highest BCUT2D eigenvalue weighted by molar-refractivity contribution is 5.20. The fourth-order valence-electron chi connectivity index (χ4n) is 1.01. The van der Waals surface area contributed by atoms with Gasteiger partial charge >= 0.3 is 0 Å². The summed E-state index contributed by atoms with van der Waals surface area (Å²) in [6.07, 6.45) is 7.24. The minimum atomic E-state index is -0.347. The Labute approximate surface area is 94.8 Å². The molecule has 0 unspecified atom stereocenters. The molecule has 1 heterocycles. The van der Waals surface area contributed by atoms with Crippen LogP contribution in [0.5, 0.6) is 5.75 Å². The number of hydrogen-bond acceptors (Lipinski definition) is 2. The third-order valence-electron chi connectivity index (χ3n) is 1.78. The maximum atomic E-state index is 12.8. The Bertz CT molecular complexity index is 393. The van der Waals surface area contributed by atoms with Gasteiger partial charge in [-0.2, -0.15) is 0 Å². The van der Waals surface area contributed by atoms with E-state index in [4.69, 9.17) is 4.74 Å². The first kappa shape index (κ1) is 12.2. The van der Waals surface area contributed by atoms with Crippen molar-refractivity contribution in [2.45, 2.75) is 6.92 Å². The third-order valence-corrected chi connectivity index (χ3v) is 1.78. The number of allylic oxidation sites excluding steroid dienone is 4. The monoisotopic (exact) mass is 219 g/mol. The van der Waals surface area contributed by atoms with Gasteiger partial charge in [0.05, 0.1) is 6.20 Å². The second kappa shape index (κ2) is 6.56. The van der Waals surface area contributed by atoms with Crippen molar-refractivity contribution in [3.63, 3.8) is 0 Å². The molecule has 0 amide bonds. The molecule has 1 rings (SSSR count). The fourth-order valence-corrected chi connectivity index (χ4v) is 1.01. The predicted molar refractivity (Wildman–Crippen MR) is 63.0 cm³/mol. The van der Waals surface area contributed by atoms with Crippen LogP contribution in [0, 0.1) is 6.92 Å². The molecule has 84 valence electrons. The van der Waals surface area contributed by atoms with Gasteiger partial charge in [0.25, 0.3) is 0 Å². The van der Waals surface area contributed by atoms with Crippen molar-refractivity contribution in [2.75, 3.05) is 6.61 Å². The number of ether oxygens (including phenoxy) is 1. The summed E-state index contributed by atoms with van der Waals surface area (Å²) in [4.78, 5) is 4.07. The van der Waals surface area contributed by atoms with Gasteiger partial charge in [-0.05, 0) is 37.3 Å². The van der Waals surface area contributed by atoms with Crippen molar-refractivity contribution in [3.8, 4) is 5.75 Å². The first-order chi connectivity index (χ1) is 7.72. The van der Waals surface area contributed by atoms with E-state index in [1.54, 1.807) is 12.3 Å². The largest absolute Gasteiger partial charge is 0.488 e. The molecule has 2 nitrogen and oxygen atoms in total. The molecule has 1 aromatic heterocycles. The molecule has 0 saturated heterocycles. The number of pyridine rings is 1. The minimum absolute atomic E-state index is 0.309. The predicted octanol–water partition coefficient (Wildman–Crippen LogP) is 3.36. The first-order valence-electron chi connectivity index (χ1n) is 4.92. The molecule has 0 aliphatic heterocycles. The zero-order valence-corrected chi connectivity index (χ0v) is 9.19. The van der Waals surface area contributed by atoms with Crippen LogP contribution >= 0.6 is 0 Å². The Morgan fingerprint density at radius 2 is 2.38 bits per heavy atom. The second-order valence-corrected chi connectivity index (χ2v) is 3.14. The summed E-state index contributed by atoms with van der Waals surface area (Å²) < 4.78 is 18.1. The molecule has 1 aromatic rings. The molecule has 0 saturated carbocycles. The average molecular weight is 219 g/mol. The number of nitrogens with zero attached hydrogens (tertiary/aromatic N) is 1. The van der Waals surface area contributed by atoms with E-state index < -0.39 is 0 Å². The maximum absolute atomic E-state index is 12.8. The second-order valence-electron chi connectivity index (χ2n) is 3.14. The van der Waals surface area contributed by atoms with Crippen LogP contribution in [0.4, 0.5) is 4.39 Å². The number of rotatable bonds is 5. The highest BCUT2D eigenvalue weighted by Crippen LogP contribution is 2.08. The van der Waals surface area contributed by atoms with E-state index in [1.807, 2.05) is 19.1 Å². The smallest absolute Gasteiger partial charge is 0.138 e. The summed E-state index contributed by atoms with van der Waals surface area (Å²) in [5, 5.41) is 0. The lowest BCUT2D eigenvalue weighted by molar-refractivity contribution is 0.361. The SMILES string of the molecule is C=C/C=C(F)\C=C/COc1ccc(C)nc1. The summed E-state index contributed by atoms with van der Waals surface area (Å²) in [5.41, 5.74) is 0.933. The molecule has 16 heavy (non-hydrogen) atoms. The summed E-state index contributed by atoms with van der Waals surface area (Å²) in [6, 6.07) is 3.68. The van der Waals surface area contributed by atoms with Gasteiger partial charge in [-0.1, -0.05) is 12.7 Å². The van der Waals surface area contributed by atoms with Crippen LogP contribution in [0.2, 0.25) is 0 Å². The van der Waals surface area contributed by atoms with Crippen molar-refractivity contribution in [2.24, 2.45) is 0 Å². The van der Waals surface area contributed by atoms with Gasteiger partial charge in [0.2, 0.25) is 0 Å². The molecular formula is C13H14FNO. The minimum Gasteiger partial charge on any atom is -0.488 e. The van der Waals surface area contributed by atoms with Crippen LogP contribution in [0.1, 0.15) is 5.69 Å². The summed E-state index contributed by atoms with van der Waals surface area (Å²) in [6.45, 7) is 5.61. The standard InChI is InChI=1S/C13H14FNO/c1-3-5-12(14)6-4-9-16-13-8-7-11(2)15-10-13/h3-8,10H,1,9H2,2H3/b6-4-,12-5+. The Kier molecular flexibility index (Phi) is 4.99. The highest BCUT2D eigenvalue weighted by Gasteiger charge is 1.91. The normalized spacial score (nSPS) is 11.8. The van der Waals surface area contributed by atoms with E-state index >= 15 is 0 Å². The summed E-state index contributed by atoms with van der Waals surface area (Å²) >= 11 is 0. The molecule has 0 atom stereocenters. The molecule has 0 aliphatic rings. The maximum Gasteiger partial charge on any atom is 0.138 e. The van der Waals surface area contributed by atoms with E-state index in [1.165, 1.54) is 18.2 Å². The van der Waals surface area contributed by atoms with E-state index in [2.05, 4.69) is 11.6 Å². The first-order valence-corrected chi connectivity index (χ1v) is 4.92. The molecule has 0 aromatic carbocycles. The lowest BCUT2D eigenvalue weighted by atomic mass is 10.4. The van der Waals surface area contributed by atoms with Crippen LogP contribution in [0.25, 0.3) is 0 Å². The number of hydrogen-bond donors (Lipinski definition) is 0. The molecule has 3 heteroatoms. The van der Waals surface area contributed by atoms with Gasteiger partial charge in [0.1, 0.15) is 18.2 Å². The van der Waals surface area contributed by atoms with Crippen LogP contribution in [-0.4, -0.2) is 11.6 Å². The van der Waals surface area contributed by atoms with Crippen LogP contribution in [0.3, 0.4) is 0 Å². The molecule has 0 N–H and O–H groups in total. The van der Waals surface area contributed by atoms with E-state index in [9.17, 15) is 4.39 Å². The van der Waals surface area contributed by atoms with E-state index in [0.29, 0.717) is 12.4 Å². The number of aromatic nitrogens is 1. The van der Waals surface area contributed by atoms with Crippen molar-refractivity contribution >= 4 is 0 Å². The summed E-state index contributed by atoms with van der Waals surface area (Å²) in [7, 11) is 0. The van der Waals surface area contributed by atoms with Gasteiger partial charge in [0, 0.05) is 5.69 Å². The molecule has 0 spiro atoms. The Balaban J connectivity index is 2.38. The number of aryl methyl sites for hydroxylation is 1. The van der Waals surface area contributed by atoms with Crippen molar-refractivity contribution in [3.05, 3.63) is 60.7 Å². The van der Waals surface area contributed by atoms with Crippen molar-refractivity contribution in [1.82, 2.24) is 4.98 Å². The average Bonchev–Trinajstić information content (AvgIpc) is 2.27. The summed E-state index contributed by atoms with van der Waals surface area (Å²) in [5.74, 6) is 0.323. The fraction of sp³-hybridized carbons (Fsp3) is 0.154. The quantitative estimate of drug-likeness (QED) is 0.708. The van der Waals surface area contributed by atoms with Gasteiger partial charge in [-0.15, -0.1) is 0 Å². The molecule has 0 fully saturated rings. The number of halogens is 1. The van der Waals surface area contributed by atoms with Crippen LogP contribution in [0.15, 0.2) is 55.0 Å². The van der Waals surface area contributed by atoms with Gasteiger partial charge in [-0.25, -0.2) is 4.39 Å². The topological polar surface area (TPSA) is 22.1 Å². The van der Waals surface area contributed by atoms with E-state index in [0.717, 1.165) is 5.69 Å². The Hall–Kier alpha value is -1.90. The molecule has 0 radical (unpaired) electrons. The van der Waals surface area contributed by atoms with Gasteiger partial charge in [0.15, 0.2) is 0 Å². The van der Waals surface area contributed by atoms with Crippen LogP contribution in [-0.2, 0) is 0 Å². The van der Waals surface area contributed by atoms with Crippen molar-refractivity contribution in [1.29, 1.82) is 0 Å². The van der Waals surface area contributed by atoms with E-state index in [-0.39, 0.29) is 5.83 Å². The highest BCUT2D eigenvalue weighted by atomic mass is 19.1. The zero-order valence-electron chi connectivity index (χ0n) is 9.19. The third kappa shape index (κ3) is 4.55. The molecule has 0 bridgehead atoms. The molecule has 0 aliphatic carbocycles. The van der Waals surface area contributed by atoms with Crippen molar-refractivity contribution < 1.29 is 9.13 Å². The molecular weight excluding hydrogens is 205 g/mol. The lowest BCUT2D eigenvalue weighted by Crippen LogP contribution is -1.94. The Morgan fingerprint density at radius 1 is 1.56 bits per heavy atom. The lowest BCUT2D eigenvalue weighted by Gasteiger charge is -2.01. The van der Waals surface area contributed by atoms with Crippen LogP contribution < -0.4 is 4.74 Å². The zero-order chi connectivity index (χ0) is 11.8. The Morgan fingerprint density at radius 3 is 3.00 bits per heavy atom. The van der Waals surface area contributed by atoms with Gasteiger partial charge in [-0.3, -0.25) is 4.98 Å².